The minimum absolute atomic E-state index is 0.0833. The number of benzene rings is 2. The first-order valence-corrected chi connectivity index (χ1v) is 8.62. The molecule has 1 amide bonds. The zero-order chi connectivity index (χ0) is 17.8. The van der Waals surface area contributed by atoms with Gasteiger partial charge in [0.05, 0.1) is 22.2 Å². The van der Waals surface area contributed by atoms with E-state index in [-0.39, 0.29) is 16.7 Å². The summed E-state index contributed by atoms with van der Waals surface area (Å²) < 4.78 is 14.6. The number of hydrogen-bond donors (Lipinski definition) is 1. The molecule has 1 aromatic heterocycles. The van der Waals surface area contributed by atoms with E-state index in [2.05, 4.69) is 20.8 Å². The number of tetrazole rings is 1. The molecule has 0 saturated heterocycles. The molecule has 0 aliphatic heterocycles. The molecule has 0 saturated carbocycles. The molecule has 9 heteroatoms. The Kier molecular flexibility index (Phi) is 5.30. The van der Waals surface area contributed by atoms with Crippen LogP contribution in [0.5, 0.6) is 0 Å². The highest BCUT2D eigenvalue weighted by Gasteiger charge is 2.12. The molecule has 128 valence electrons. The van der Waals surface area contributed by atoms with E-state index in [1.807, 2.05) is 31.2 Å². The smallest absolute Gasteiger partial charge is 0.234 e. The van der Waals surface area contributed by atoms with Crippen LogP contribution in [0.3, 0.4) is 0 Å². The monoisotopic (exact) mass is 377 g/mol. The predicted molar refractivity (Wildman–Crippen MR) is 94.7 cm³/mol. The SMILES string of the molecule is Cc1ccc(-n2nnnc2SCC(=O)Nc2ccc(F)cc2Cl)cc1. The number of hydrogen-bond acceptors (Lipinski definition) is 5. The molecule has 3 rings (SSSR count). The zero-order valence-corrected chi connectivity index (χ0v) is 14.7. The van der Waals surface area contributed by atoms with Crippen molar-refractivity contribution < 1.29 is 9.18 Å². The Hall–Kier alpha value is -2.45. The van der Waals surface area contributed by atoms with Crippen LogP contribution >= 0.6 is 23.4 Å². The molecule has 0 aliphatic carbocycles. The van der Waals surface area contributed by atoms with E-state index in [0.717, 1.165) is 17.3 Å². The predicted octanol–water partition coefficient (Wildman–Crippen LogP) is 3.49. The maximum absolute atomic E-state index is 13.0. The summed E-state index contributed by atoms with van der Waals surface area (Å²) in [6, 6.07) is 11.5. The molecule has 1 N–H and O–H groups in total. The minimum Gasteiger partial charge on any atom is -0.324 e. The quantitative estimate of drug-likeness (QED) is 0.689. The lowest BCUT2D eigenvalue weighted by molar-refractivity contribution is -0.113. The van der Waals surface area contributed by atoms with Gasteiger partial charge in [-0.15, -0.1) is 5.10 Å². The normalized spacial score (nSPS) is 10.7. The number of nitrogens with one attached hydrogen (secondary N) is 1. The van der Waals surface area contributed by atoms with Crippen LogP contribution in [0.1, 0.15) is 5.56 Å². The highest BCUT2D eigenvalue weighted by molar-refractivity contribution is 7.99. The fourth-order valence-corrected chi connectivity index (χ4v) is 2.93. The van der Waals surface area contributed by atoms with Crippen molar-refractivity contribution in [2.75, 3.05) is 11.1 Å². The average molecular weight is 378 g/mol. The molecule has 2 aromatic carbocycles. The summed E-state index contributed by atoms with van der Waals surface area (Å²) in [6.45, 7) is 1.99. The third-order valence-electron chi connectivity index (χ3n) is 3.26. The maximum atomic E-state index is 13.0. The summed E-state index contributed by atoms with van der Waals surface area (Å²) in [5.41, 5.74) is 2.29. The minimum atomic E-state index is -0.463. The largest absolute Gasteiger partial charge is 0.324 e. The van der Waals surface area contributed by atoms with Crippen LogP contribution in [-0.4, -0.2) is 31.9 Å². The van der Waals surface area contributed by atoms with Crippen molar-refractivity contribution in [1.82, 2.24) is 20.2 Å². The van der Waals surface area contributed by atoms with Crippen LogP contribution in [0.15, 0.2) is 47.6 Å². The average Bonchev–Trinajstić information content (AvgIpc) is 3.05. The lowest BCUT2D eigenvalue weighted by atomic mass is 10.2. The Morgan fingerprint density at radius 1 is 1.28 bits per heavy atom. The Labute approximate surface area is 152 Å². The lowest BCUT2D eigenvalue weighted by Gasteiger charge is -2.07. The molecule has 0 radical (unpaired) electrons. The molecule has 25 heavy (non-hydrogen) atoms. The zero-order valence-electron chi connectivity index (χ0n) is 13.1. The van der Waals surface area contributed by atoms with Gasteiger partial charge >= 0.3 is 0 Å². The molecular weight excluding hydrogens is 365 g/mol. The Bertz CT molecular complexity index is 900. The maximum Gasteiger partial charge on any atom is 0.234 e. The van der Waals surface area contributed by atoms with Crippen LogP contribution < -0.4 is 5.32 Å². The van der Waals surface area contributed by atoms with Gasteiger partial charge in [0.25, 0.3) is 0 Å². The van der Waals surface area contributed by atoms with Crippen LogP contribution in [0, 0.1) is 12.7 Å². The fraction of sp³-hybridized carbons (Fsp3) is 0.125. The Morgan fingerprint density at radius 2 is 2.04 bits per heavy atom. The molecular formula is C16H13ClFN5OS. The number of nitrogens with zero attached hydrogens (tertiary/aromatic N) is 4. The van der Waals surface area contributed by atoms with Gasteiger partial charge in [-0.25, -0.2) is 4.39 Å². The Morgan fingerprint density at radius 3 is 2.76 bits per heavy atom. The van der Waals surface area contributed by atoms with Gasteiger partial charge < -0.3 is 5.32 Å². The van der Waals surface area contributed by atoms with Crippen molar-refractivity contribution in [1.29, 1.82) is 0 Å². The summed E-state index contributed by atoms with van der Waals surface area (Å²) in [5, 5.41) is 14.8. The molecule has 1 heterocycles. The van der Waals surface area contributed by atoms with Gasteiger partial charge in [0.2, 0.25) is 11.1 Å². The number of anilines is 1. The van der Waals surface area contributed by atoms with Crippen molar-refractivity contribution in [3.8, 4) is 5.69 Å². The number of halogens is 2. The third-order valence-corrected chi connectivity index (χ3v) is 4.49. The van der Waals surface area contributed by atoms with E-state index in [9.17, 15) is 9.18 Å². The summed E-state index contributed by atoms with van der Waals surface area (Å²) in [4.78, 5) is 12.1. The number of carbonyl (C=O) groups is 1. The van der Waals surface area contributed by atoms with E-state index < -0.39 is 5.82 Å². The molecule has 0 aliphatic rings. The van der Waals surface area contributed by atoms with E-state index in [1.54, 1.807) is 4.68 Å². The first-order chi connectivity index (χ1) is 12.0. The summed E-state index contributed by atoms with van der Waals surface area (Å²) in [7, 11) is 0. The van der Waals surface area contributed by atoms with Gasteiger partial charge in [0.15, 0.2) is 0 Å². The number of carbonyl (C=O) groups excluding carboxylic acids is 1. The molecule has 0 fully saturated rings. The number of rotatable bonds is 5. The number of aromatic nitrogens is 4. The fourth-order valence-electron chi connectivity index (χ4n) is 2.02. The molecule has 3 aromatic rings. The van der Waals surface area contributed by atoms with Gasteiger partial charge in [-0.1, -0.05) is 41.1 Å². The van der Waals surface area contributed by atoms with E-state index in [1.165, 1.54) is 23.9 Å². The van der Waals surface area contributed by atoms with Crippen LogP contribution in [0.2, 0.25) is 5.02 Å². The highest BCUT2D eigenvalue weighted by atomic mass is 35.5. The second kappa shape index (κ2) is 7.62. The molecule has 0 bridgehead atoms. The van der Waals surface area contributed by atoms with Crippen molar-refractivity contribution >= 4 is 35.0 Å². The second-order valence-electron chi connectivity index (χ2n) is 5.17. The van der Waals surface area contributed by atoms with Crippen molar-refractivity contribution in [3.63, 3.8) is 0 Å². The second-order valence-corrected chi connectivity index (χ2v) is 6.52. The first kappa shape index (κ1) is 17.4. The van der Waals surface area contributed by atoms with E-state index >= 15 is 0 Å². The van der Waals surface area contributed by atoms with Gasteiger partial charge in [0, 0.05) is 0 Å². The molecule has 6 nitrogen and oxygen atoms in total. The van der Waals surface area contributed by atoms with Gasteiger partial charge in [-0.3, -0.25) is 4.79 Å². The molecule has 0 atom stereocenters. The van der Waals surface area contributed by atoms with Crippen LogP contribution in [0.25, 0.3) is 5.69 Å². The number of thioether (sulfide) groups is 1. The van der Waals surface area contributed by atoms with Gasteiger partial charge in [-0.05, 0) is 47.7 Å². The number of amides is 1. The first-order valence-electron chi connectivity index (χ1n) is 7.26. The van der Waals surface area contributed by atoms with Crippen molar-refractivity contribution in [2.45, 2.75) is 12.1 Å². The summed E-state index contributed by atoms with van der Waals surface area (Å²) in [5.74, 6) is -0.674. The van der Waals surface area contributed by atoms with Crippen LogP contribution in [-0.2, 0) is 4.79 Å². The van der Waals surface area contributed by atoms with Crippen LogP contribution in [0.4, 0.5) is 10.1 Å². The van der Waals surface area contributed by atoms with E-state index in [0.29, 0.717) is 10.8 Å². The number of aryl methyl sites for hydroxylation is 1. The molecule has 0 spiro atoms. The summed E-state index contributed by atoms with van der Waals surface area (Å²) in [6.07, 6.45) is 0. The van der Waals surface area contributed by atoms with Crippen molar-refractivity contribution in [2.24, 2.45) is 0 Å². The third kappa shape index (κ3) is 4.34. The van der Waals surface area contributed by atoms with E-state index in [4.69, 9.17) is 11.6 Å². The topological polar surface area (TPSA) is 72.7 Å². The highest BCUT2D eigenvalue weighted by Crippen LogP contribution is 2.23. The lowest BCUT2D eigenvalue weighted by Crippen LogP contribution is -2.15. The van der Waals surface area contributed by atoms with Gasteiger partial charge in [-0.2, -0.15) is 4.68 Å². The summed E-state index contributed by atoms with van der Waals surface area (Å²) >= 11 is 7.08. The molecule has 0 unspecified atom stereocenters. The van der Waals surface area contributed by atoms with Crippen molar-refractivity contribution in [3.05, 3.63) is 58.9 Å². The van der Waals surface area contributed by atoms with Gasteiger partial charge in [0.1, 0.15) is 5.82 Å². The standard InChI is InChI=1S/C16H13ClFN5OS/c1-10-2-5-12(6-3-10)23-16(20-21-22-23)25-9-15(24)19-14-7-4-11(18)8-13(14)17/h2-8H,9H2,1H3,(H,19,24). The Balaban J connectivity index is 1.65.